The number of fused-ring (bicyclic) bond motifs is 7. The van der Waals surface area contributed by atoms with Crippen LogP contribution in [0, 0.1) is 0 Å². The lowest BCUT2D eigenvalue weighted by molar-refractivity contribution is 1.19. The Kier molecular flexibility index (Phi) is 4.60. The SMILES string of the molecule is [2H]c1c([2H])c([2H])c(-c2ccc3c4c(cccc24)-c2cc(-c4cccc5c4c4ccc6ccccc6c4n5-c4ccccc4)ccc2S3)c([2H])c1[2H]. The van der Waals surface area contributed by atoms with E-state index in [2.05, 4.69) is 114 Å². The van der Waals surface area contributed by atoms with Crippen LogP contribution in [0.25, 0.3) is 82.4 Å². The zero-order valence-corrected chi connectivity index (χ0v) is 25.4. The highest BCUT2D eigenvalue weighted by Gasteiger charge is 2.23. The highest BCUT2D eigenvalue weighted by Crippen LogP contribution is 2.51. The monoisotopic (exact) mass is 606 g/mol. The molecule has 0 fully saturated rings. The minimum atomic E-state index is -0.386. The van der Waals surface area contributed by atoms with Gasteiger partial charge < -0.3 is 4.57 Å². The van der Waals surface area contributed by atoms with Gasteiger partial charge in [0.1, 0.15) is 0 Å². The average Bonchev–Trinajstić information content (AvgIpc) is 3.53. The number of benzene rings is 8. The Morgan fingerprint density at radius 2 is 1.26 bits per heavy atom. The fourth-order valence-corrected chi connectivity index (χ4v) is 8.43. The van der Waals surface area contributed by atoms with Gasteiger partial charge in [-0.1, -0.05) is 139 Å². The Hall–Kier alpha value is -5.57. The minimum Gasteiger partial charge on any atom is -0.309 e. The first-order valence-electron chi connectivity index (χ1n) is 17.9. The molecular formula is C44H27NS. The van der Waals surface area contributed by atoms with Crippen molar-refractivity contribution in [2.45, 2.75) is 9.79 Å². The summed E-state index contributed by atoms with van der Waals surface area (Å²) in [5.41, 5.74) is 8.76. The molecule has 0 saturated carbocycles. The Morgan fingerprint density at radius 3 is 2.17 bits per heavy atom. The summed E-state index contributed by atoms with van der Waals surface area (Å²) in [4.78, 5) is 2.23. The number of aromatic nitrogens is 1. The highest BCUT2D eigenvalue weighted by molar-refractivity contribution is 7.99. The van der Waals surface area contributed by atoms with E-state index in [-0.39, 0.29) is 35.8 Å². The number of rotatable bonds is 3. The van der Waals surface area contributed by atoms with Crippen molar-refractivity contribution in [3.63, 3.8) is 0 Å². The maximum atomic E-state index is 8.70. The summed E-state index contributed by atoms with van der Waals surface area (Å²) in [7, 11) is 0. The second-order valence-corrected chi connectivity index (χ2v) is 12.8. The number of nitrogens with zero attached hydrogens (tertiary/aromatic N) is 1. The predicted octanol–water partition coefficient (Wildman–Crippen LogP) is 12.6. The van der Waals surface area contributed by atoms with E-state index in [1.165, 1.54) is 27.1 Å². The lowest BCUT2D eigenvalue weighted by atomic mass is 9.90. The van der Waals surface area contributed by atoms with Crippen molar-refractivity contribution < 1.29 is 6.85 Å². The Bertz CT molecular complexity index is 2920. The Balaban J connectivity index is 1.22. The van der Waals surface area contributed by atoms with E-state index in [1.807, 2.05) is 24.3 Å². The molecule has 10 rings (SSSR count). The number of hydrogen-bond acceptors (Lipinski definition) is 1. The van der Waals surface area contributed by atoms with E-state index >= 15 is 0 Å². The van der Waals surface area contributed by atoms with Gasteiger partial charge in [0.25, 0.3) is 0 Å². The van der Waals surface area contributed by atoms with Gasteiger partial charge in [-0.05, 0) is 80.6 Å². The van der Waals surface area contributed by atoms with Crippen LogP contribution in [0.1, 0.15) is 6.85 Å². The molecule has 1 aliphatic rings. The van der Waals surface area contributed by atoms with Crippen LogP contribution >= 0.6 is 11.8 Å². The molecule has 0 radical (unpaired) electrons. The first-order chi connectivity index (χ1) is 24.9. The summed E-state index contributed by atoms with van der Waals surface area (Å²) in [6, 6.07) is 45.6. The largest absolute Gasteiger partial charge is 0.309 e. The molecule has 46 heavy (non-hydrogen) atoms. The van der Waals surface area contributed by atoms with E-state index in [9.17, 15) is 0 Å². The van der Waals surface area contributed by atoms with Crippen molar-refractivity contribution in [1.82, 2.24) is 4.57 Å². The fraction of sp³-hybridized carbons (Fsp3) is 0. The summed E-state index contributed by atoms with van der Waals surface area (Å²) in [5.74, 6) is 0. The van der Waals surface area contributed by atoms with Crippen molar-refractivity contribution in [3.05, 3.63) is 164 Å². The van der Waals surface area contributed by atoms with Gasteiger partial charge >= 0.3 is 0 Å². The molecule has 0 atom stereocenters. The molecule has 0 N–H and O–H groups in total. The molecular weight excluding hydrogens is 575 g/mol. The topological polar surface area (TPSA) is 4.93 Å². The Morgan fingerprint density at radius 1 is 0.478 bits per heavy atom. The normalized spacial score (nSPS) is 13.8. The third-order valence-corrected chi connectivity index (χ3v) is 10.4. The van der Waals surface area contributed by atoms with Crippen LogP contribution in [-0.4, -0.2) is 4.57 Å². The molecule has 2 heterocycles. The van der Waals surface area contributed by atoms with Gasteiger partial charge in [-0.2, -0.15) is 0 Å². The first-order valence-corrected chi connectivity index (χ1v) is 16.2. The second kappa shape index (κ2) is 9.97. The smallest absolute Gasteiger partial charge is 0.0629 e. The predicted molar refractivity (Wildman–Crippen MR) is 196 cm³/mol. The average molecular weight is 607 g/mol. The van der Waals surface area contributed by atoms with Crippen molar-refractivity contribution in [2.75, 3.05) is 0 Å². The van der Waals surface area contributed by atoms with Crippen LogP contribution in [0.2, 0.25) is 0 Å². The third-order valence-electron chi connectivity index (χ3n) is 9.26. The molecule has 0 unspecified atom stereocenters. The quantitative estimate of drug-likeness (QED) is 0.194. The van der Waals surface area contributed by atoms with Crippen molar-refractivity contribution >= 4 is 55.1 Å². The highest BCUT2D eigenvalue weighted by atomic mass is 32.2. The molecule has 0 saturated heterocycles. The summed E-state index contributed by atoms with van der Waals surface area (Å²) in [5, 5.41) is 6.71. The lowest BCUT2D eigenvalue weighted by Gasteiger charge is -2.22. The summed E-state index contributed by atoms with van der Waals surface area (Å²) in [6.07, 6.45) is 0. The van der Waals surface area contributed by atoms with Crippen LogP contribution in [0.4, 0.5) is 0 Å². The van der Waals surface area contributed by atoms with Gasteiger partial charge in [0.05, 0.1) is 17.9 Å². The van der Waals surface area contributed by atoms with Gasteiger partial charge in [0, 0.05) is 37.0 Å². The molecule has 214 valence electrons. The Labute approximate surface area is 278 Å². The zero-order chi connectivity index (χ0) is 34.5. The van der Waals surface area contributed by atoms with E-state index in [0.717, 1.165) is 54.0 Å². The van der Waals surface area contributed by atoms with E-state index in [0.29, 0.717) is 5.56 Å². The molecule has 9 aromatic rings. The van der Waals surface area contributed by atoms with Crippen LogP contribution in [-0.2, 0) is 0 Å². The van der Waals surface area contributed by atoms with E-state index in [4.69, 9.17) is 6.85 Å². The minimum absolute atomic E-state index is 0.191. The van der Waals surface area contributed by atoms with Crippen molar-refractivity contribution in [2.24, 2.45) is 0 Å². The fourth-order valence-electron chi connectivity index (χ4n) is 7.32. The van der Waals surface area contributed by atoms with Crippen molar-refractivity contribution in [1.29, 1.82) is 0 Å². The summed E-state index contributed by atoms with van der Waals surface area (Å²) in [6.45, 7) is 0. The first kappa shape index (κ1) is 21.2. The van der Waals surface area contributed by atoms with Crippen LogP contribution in [0.15, 0.2) is 173 Å². The van der Waals surface area contributed by atoms with Gasteiger partial charge in [0.15, 0.2) is 0 Å². The molecule has 0 amide bonds. The molecule has 1 aromatic heterocycles. The summed E-state index contributed by atoms with van der Waals surface area (Å²) < 4.78 is 44.5. The van der Waals surface area contributed by atoms with Crippen LogP contribution in [0.5, 0.6) is 0 Å². The maximum absolute atomic E-state index is 8.70. The van der Waals surface area contributed by atoms with Crippen LogP contribution < -0.4 is 0 Å². The number of hydrogen-bond donors (Lipinski definition) is 0. The van der Waals surface area contributed by atoms with Crippen LogP contribution in [0.3, 0.4) is 0 Å². The van der Waals surface area contributed by atoms with Gasteiger partial charge in [-0.3, -0.25) is 0 Å². The molecule has 2 heteroatoms. The zero-order valence-electron chi connectivity index (χ0n) is 29.6. The molecule has 1 aliphatic heterocycles. The molecule has 1 nitrogen and oxygen atoms in total. The second-order valence-electron chi connectivity index (χ2n) is 11.7. The van der Waals surface area contributed by atoms with Gasteiger partial charge in [0.2, 0.25) is 0 Å². The van der Waals surface area contributed by atoms with Gasteiger partial charge in [-0.15, -0.1) is 0 Å². The molecule has 8 aromatic carbocycles. The molecule has 0 spiro atoms. The third kappa shape index (κ3) is 3.71. The van der Waals surface area contributed by atoms with Crippen molar-refractivity contribution in [3.8, 4) is 39.1 Å². The maximum Gasteiger partial charge on any atom is 0.0629 e. The lowest BCUT2D eigenvalue weighted by Crippen LogP contribution is -1.95. The van der Waals surface area contributed by atoms with E-state index in [1.54, 1.807) is 11.8 Å². The summed E-state index contributed by atoms with van der Waals surface area (Å²) >= 11 is 1.71. The van der Waals surface area contributed by atoms with Gasteiger partial charge in [-0.25, -0.2) is 0 Å². The number of para-hydroxylation sites is 1. The molecule has 0 bridgehead atoms. The molecule has 0 aliphatic carbocycles. The standard InChI is InChI=1S/C44H27NS/c1-3-11-28(12-4-1)32-24-26-41-43-35(32)18-9-19-36(43)38-27-30(22-25-40(38)46-41)33-17-10-20-39-42(33)37-23-21-29-13-7-8-16-34(29)44(37)45(39)31-14-5-2-6-15-31/h1-27H/i1D,3D,4D,11D,12D. The van der Waals surface area contributed by atoms with E-state index < -0.39 is 0 Å².